The summed E-state index contributed by atoms with van der Waals surface area (Å²) in [6.45, 7) is 0.369. The summed E-state index contributed by atoms with van der Waals surface area (Å²) in [5, 5.41) is 10.8. The fourth-order valence-electron chi connectivity index (χ4n) is 2.83. The highest BCUT2D eigenvalue weighted by molar-refractivity contribution is 7.99. The molecule has 1 aromatic heterocycles. The highest BCUT2D eigenvalue weighted by Gasteiger charge is 2.24. The molecule has 0 atom stereocenters. The van der Waals surface area contributed by atoms with Gasteiger partial charge in [-0.05, 0) is 24.3 Å². The molecule has 7 heteroatoms. The summed E-state index contributed by atoms with van der Waals surface area (Å²) in [7, 11) is 0. The maximum absolute atomic E-state index is 12.9. The fraction of sp³-hybridized carbons (Fsp3) is 0.105. The third-order valence-corrected chi connectivity index (χ3v) is 5.41. The quantitative estimate of drug-likeness (QED) is 0.629. The molecular weight excluding hydrogens is 368 g/mol. The maximum Gasteiger partial charge on any atom is 0.274 e. The van der Waals surface area contributed by atoms with E-state index in [0.29, 0.717) is 34.0 Å². The van der Waals surface area contributed by atoms with E-state index in [-0.39, 0.29) is 11.1 Å². The van der Waals surface area contributed by atoms with Crippen LogP contribution in [0.15, 0.2) is 64.5 Å². The number of thioether (sulfide) groups is 1. The van der Waals surface area contributed by atoms with Gasteiger partial charge in [0.1, 0.15) is 18.3 Å². The molecule has 0 unspecified atom stereocenters. The molecule has 0 spiro atoms. The molecule has 1 aliphatic heterocycles. The molecular formula is C19H13ClN4OS. The van der Waals surface area contributed by atoms with Crippen LogP contribution < -0.4 is 10.5 Å². The predicted molar refractivity (Wildman–Crippen MR) is 103 cm³/mol. The maximum atomic E-state index is 12.9. The smallest absolute Gasteiger partial charge is 0.274 e. The van der Waals surface area contributed by atoms with Crippen molar-refractivity contribution in [2.45, 2.75) is 11.8 Å². The second-order valence-electron chi connectivity index (χ2n) is 5.76. The number of fused-ring (bicyclic) bond motifs is 1. The molecule has 26 heavy (non-hydrogen) atoms. The molecule has 2 aromatic carbocycles. The lowest BCUT2D eigenvalue weighted by Crippen LogP contribution is -2.38. The number of para-hydroxylation sites is 1. The van der Waals surface area contributed by atoms with Gasteiger partial charge in [-0.3, -0.25) is 9.36 Å². The van der Waals surface area contributed by atoms with E-state index in [0.717, 1.165) is 5.69 Å². The van der Waals surface area contributed by atoms with Crippen molar-refractivity contribution in [1.82, 2.24) is 9.55 Å². The number of anilines is 1. The molecule has 3 aromatic rings. The van der Waals surface area contributed by atoms with Gasteiger partial charge in [-0.15, -0.1) is 0 Å². The predicted octanol–water partition coefficient (Wildman–Crippen LogP) is 3.96. The molecule has 128 valence electrons. The van der Waals surface area contributed by atoms with E-state index in [1.165, 1.54) is 11.8 Å². The van der Waals surface area contributed by atoms with E-state index in [4.69, 9.17) is 11.6 Å². The third kappa shape index (κ3) is 2.96. The average Bonchev–Trinajstić information content (AvgIpc) is 2.69. The monoisotopic (exact) mass is 380 g/mol. The number of hydrogen-bond donors (Lipinski definition) is 0. The van der Waals surface area contributed by atoms with Crippen LogP contribution in [-0.4, -0.2) is 15.4 Å². The molecule has 0 saturated carbocycles. The first-order valence-corrected chi connectivity index (χ1v) is 9.27. The highest BCUT2D eigenvalue weighted by atomic mass is 35.5. The first-order chi connectivity index (χ1) is 12.7. The van der Waals surface area contributed by atoms with Gasteiger partial charge in [0.05, 0.1) is 11.6 Å². The summed E-state index contributed by atoms with van der Waals surface area (Å²) >= 11 is 7.41. The minimum absolute atomic E-state index is 0.0478. The molecule has 0 bridgehead atoms. The Morgan fingerprint density at radius 2 is 1.85 bits per heavy atom. The van der Waals surface area contributed by atoms with E-state index in [1.807, 2.05) is 36.4 Å². The summed E-state index contributed by atoms with van der Waals surface area (Å²) in [5.74, 6) is 0.683. The number of hydrogen-bond acceptors (Lipinski definition) is 5. The standard InChI is InChI=1S/C19H13ClN4OS/c20-14-8-6-13(7-9-14)17-16(10-21)18(25)24-11-23(12-26-19(24)22-17)15-4-2-1-3-5-15/h1-9H,11-12H2. The van der Waals surface area contributed by atoms with Crippen molar-refractivity contribution < 1.29 is 0 Å². The lowest BCUT2D eigenvalue weighted by molar-refractivity contribution is 0.560. The van der Waals surface area contributed by atoms with Gasteiger partial charge < -0.3 is 4.90 Å². The van der Waals surface area contributed by atoms with Gasteiger partial charge in [-0.1, -0.05) is 53.7 Å². The molecule has 0 aliphatic carbocycles. The van der Waals surface area contributed by atoms with E-state index < -0.39 is 0 Å². The van der Waals surface area contributed by atoms with Crippen molar-refractivity contribution in [3.8, 4) is 17.3 Å². The summed E-state index contributed by atoms with van der Waals surface area (Å²) in [5.41, 5.74) is 1.86. The number of nitrogens with zero attached hydrogens (tertiary/aromatic N) is 4. The van der Waals surface area contributed by atoms with Crippen molar-refractivity contribution in [3.05, 3.63) is 75.5 Å². The number of rotatable bonds is 2. The summed E-state index contributed by atoms with van der Waals surface area (Å²) in [6.07, 6.45) is 0. The Kier molecular flexibility index (Phi) is 4.41. The van der Waals surface area contributed by atoms with E-state index in [2.05, 4.69) is 9.88 Å². The van der Waals surface area contributed by atoms with Crippen LogP contribution in [0.4, 0.5) is 5.69 Å². The molecule has 2 heterocycles. The van der Waals surface area contributed by atoms with Crippen LogP contribution in [0.1, 0.15) is 5.56 Å². The van der Waals surface area contributed by atoms with Gasteiger partial charge in [0.2, 0.25) is 0 Å². The first-order valence-electron chi connectivity index (χ1n) is 7.91. The Bertz CT molecular complexity index is 1060. The molecule has 0 fully saturated rings. The first kappa shape index (κ1) is 16.7. The minimum atomic E-state index is -0.324. The van der Waals surface area contributed by atoms with Gasteiger partial charge in [-0.25, -0.2) is 4.98 Å². The second-order valence-corrected chi connectivity index (χ2v) is 7.11. The minimum Gasteiger partial charge on any atom is -0.343 e. The van der Waals surface area contributed by atoms with Crippen molar-refractivity contribution >= 4 is 29.1 Å². The second kappa shape index (κ2) is 6.87. The van der Waals surface area contributed by atoms with Gasteiger partial charge in [0.15, 0.2) is 5.16 Å². The van der Waals surface area contributed by atoms with Gasteiger partial charge >= 0.3 is 0 Å². The van der Waals surface area contributed by atoms with Crippen LogP contribution in [0.2, 0.25) is 5.02 Å². The van der Waals surface area contributed by atoms with Crippen molar-refractivity contribution in [2.24, 2.45) is 0 Å². The van der Waals surface area contributed by atoms with Crippen LogP contribution in [-0.2, 0) is 6.67 Å². The number of benzene rings is 2. The summed E-state index contributed by atoms with van der Waals surface area (Å²) in [4.78, 5) is 19.6. The number of aromatic nitrogens is 2. The Hall–Kier alpha value is -2.75. The van der Waals surface area contributed by atoms with E-state index >= 15 is 0 Å². The van der Waals surface area contributed by atoms with Crippen LogP contribution in [0, 0.1) is 11.3 Å². The van der Waals surface area contributed by atoms with Crippen molar-refractivity contribution in [1.29, 1.82) is 5.26 Å². The Morgan fingerprint density at radius 1 is 1.12 bits per heavy atom. The van der Waals surface area contributed by atoms with Gasteiger partial charge in [-0.2, -0.15) is 5.26 Å². The van der Waals surface area contributed by atoms with E-state index in [9.17, 15) is 10.1 Å². The molecule has 0 N–H and O–H groups in total. The van der Waals surface area contributed by atoms with Crippen molar-refractivity contribution in [3.63, 3.8) is 0 Å². The van der Waals surface area contributed by atoms with Gasteiger partial charge in [0, 0.05) is 16.3 Å². The van der Waals surface area contributed by atoms with Gasteiger partial charge in [0.25, 0.3) is 5.56 Å². The zero-order valence-electron chi connectivity index (χ0n) is 13.6. The SMILES string of the molecule is N#Cc1c(-c2ccc(Cl)cc2)nc2n(c1=O)CN(c1ccccc1)CS2. The topological polar surface area (TPSA) is 61.9 Å². The Morgan fingerprint density at radius 3 is 2.54 bits per heavy atom. The van der Waals surface area contributed by atoms with Crippen LogP contribution in [0.3, 0.4) is 0 Å². The van der Waals surface area contributed by atoms with Crippen LogP contribution in [0.25, 0.3) is 11.3 Å². The number of nitriles is 1. The van der Waals surface area contributed by atoms with E-state index in [1.54, 1.807) is 28.8 Å². The molecule has 0 amide bonds. The summed E-state index contributed by atoms with van der Waals surface area (Å²) in [6, 6.07) is 18.9. The molecule has 5 nitrogen and oxygen atoms in total. The lowest BCUT2D eigenvalue weighted by Gasteiger charge is -2.30. The molecule has 1 aliphatic rings. The van der Waals surface area contributed by atoms with Crippen molar-refractivity contribution in [2.75, 3.05) is 10.8 Å². The molecule has 0 radical (unpaired) electrons. The Balaban J connectivity index is 1.79. The highest BCUT2D eigenvalue weighted by Crippen LogP contribution is 2.29. The fourth-order valence-corrected chi connectivity index (χ4v) is 3.91. The average molecular weight is 381 g/mol. The Labute approximate surface area is 159 Å². The summed E-state index contributed by atoms with van der Waals surface area (Å²) < 4.78 is 1.55. The normalized spacial score (nSPS) is 13.2. The number of halogens is 1. The molecule has 0 saturated heterocycles. The zero-order chi connectivity index (χ0) is 18.1. The largest absolute Gasteiger partial charge is 0.343 e. The van der Waals surface area contributed by atoms with Crippen LogP contribution in [0.5, 0.6) is 0 Å². The third-order valence-electron chi connectivity index (χ3n) is 4.15. The van der Waals surface area contributed by atoms with Crippen LogP contribution >= 0.6 is 23.4 Å². The molecule has 4 rings (SSSR count). The lowest BCUT2D eigenvalue weighted by atomic mass is 10.1. The zero-order valence-corrected chi connectivity index (χ0v) is 15.2.